The molecule has 0 spiro atoms. The molecule has 262 valence electrons. The molecule has 0 atom stereocenters. The van der Waals surface area contributed by atoms with Gasteiger partial charge in [0.2, 0.25) is 0 Å². The largest absolute Gasteiger partial charge is 0.309 e. The molecule has 1 heterocycles. The Balaban J connectivity index is 1.18. The topological polar surface area (TPSA) is 3.24 Å². The average molecular weight is 730 g/mol. The minimum absolute atomic E-state index is 1.11. The van der Waals surface area contributed by atoms with Crippen LogP contribution in [0.1, 0.15) is 0 Å². The molecule has 0 fully saturated rings. The molecule has 1 aromatic heterocycles. The molecule has 2 heteroatoms. The molecule has 0 amide bonds. The van der Waals surface area contributed by atoms with Gasteiger partial charge in [-0.2, -0.15) is 0 Å². The van der Waals surface area contributed by atoms with E-state index in [1.807, 2.05) is 11.3 Å². The third kappa shape index (κ3) is 5.38. The maximum Gasteiger partial charge on any atom is 0.0640 e. The van der Waals surface area contributed by atoms with E-state index in [0.29, 0.717) is 0 Å². The van der Waals surface area contributed by atoms with Crippen molar-refractivity contribution in [1.29, 1.82) is 0 Å². The van der Waals surface area contributed by atoms with E-state index in [9.17, 15) is 0 Å². The van der Waals surface area contributed by atoms with E-state index in [2.05, 4.69) is 217 Å². The van der Waals surface area contributed by atoms with Gasteiger partial charge >= 0.3 is 0 Å². The predicted molar refractivity (Wildman–Crippen MR) is 243 cm³/mol. The molecule has 1 nitrogen and oxygen atoms in total. The van der Waals surface area contributed by atoms with Crippen molar-refractivity contribution in [2.75, 3.05) is 4.90 Å². The Morgan fingerprint density at radius 1 is 0.304 bits per heavy atom. The quantitative estimate of drug-likeness (QED) is 0.154. The third-order valence-electron chi connectivity index (χ3n) is 11.2. The molecular formula is C54H35NS. The van der Waals surface area contributed by atoms with Gasteiger partial charge < -0.3 is 4.90 Å². The van der Waals surface area contributed by atoms with E-state index in [1.165, 1.54) is 91.6 Å². The molecule has 0 unspecified atom stereocenters. The van der Waals surface area contributed by atoms with Crippen LogP contribution < -0.4 is 4.90 Å². The van der Waals surface area contributed by atoms with Gasteiger partial charge in [-0.25, -0.2) is 0 Å². The second-order valence-electron chi connectivity index (χ2n) is 14.5. The van der Waals surface area contributed by atoms with Crippen molar-refractivity contribution < 1.29 is 0 Å². The molecule has 0 aliphatic carbocycles. The lowest BCUT2D eigenvalue weighted by molar-refractivity contribution is 1.31. The van der Waals surface area contributed by atoms with Crippen molar-refractivity contribution in [3.8, 4) is 33.4 Å². The molecule has 0 saturated carbocycles. The van der Waals surface area contributed by atoms with Crippen molar-refractivity contribution >= 4 is 80.9 Å². The summed E-state index contributed by atoms with van der Waals surface area (Å²) in [5, 5.41) is 10.1. The van der Waals surface area contributed by atoms with Gasteiger partial charge in [0.25, 0.3) is 0 Å². The lowest BCUT2D eigenvalue weighted by atomic mass is 9.85. The minimum atomic E-state index is 1.11. The number of hydrogen-bond acceptors (Lipinski definition) is 2. The highest BCUT2D eigenvalue weighted by Crippen LogP contribution is 2.49. The summed E-state index contributed by atoms with van der Waals surface area (Å²) in [6, 6.07) is 77.8. The molecule has 10 aromatic carbocycles. The highest BCUT2D eigenvalue weighted by atomic mass is 32.1. The molecule has 0 aliphatic heterocycles. The molecule has 0 saturated heterocycles. The monoisotopic (exact) mass is 729 g/mol. The lowest BCUT2D eigenvalue weighted by Gasteiger charge is -2.27. The number of rotatable bonds is 6. The van der Waals surface area contributed by atoms with Crippen molar-refractivity contribution in [2.45, 2.75) is 0 Å². The second-order valence-corrected chi connectivity index (χ2v) is 15.5. The SMILES string of the molecule is c1ccc(-c2c(-c3ccccc3)c3cc(N(c4ccc(-c5ccc6ccccc6c5)cc4)c4cccc5c4sc4ccccc45)ccc3c3ccccc23)cc1. The molecule has 0 bridgehead atoms. The summed E-state index contributed by atoms with van der Waals surface area (Å²) in [7, 11) is 0. The zero-order valence-corrected chi connectivity index (χ0v) is 31.4. The van der Waals surface area contributed by atoms with Crippen LogP contribution in [0.15, 0.2) is 212 Å². The highest BCUT2D eigenvalue weighted by molar-refractivity contribution is 7.26. The van der Waals surface area contributed by atoms with E-state index in [0.717, 1.165) is 11.4 Å². The Morgan fingerprint density at radius 2 is 0.875 bits per heavy atom. The molecule has 56 heavy (non-hydrogen) atoms. The van der Waals surface area contributed by atoms with Crippen LogP contribution >= 0.6 is 11.3 Å². The first-order chi connectivity index (χ1) is 27.8. The number of hydrogen-bond donors (Lipinski definition) is 0. The summed E-state index contributed by atoms with van der Waals surface area (Å²) in [6.45, 7) is 0. The Hall–Kier alpha value is -7.00. The van der Waals surface area contributed by atoms with Gasteiger partial charge in [0.1, 0.15) is 0 Å². The van der Waals surface area contributed by atoms with Crippen LogP contribution in [0.3, 0.4) is 0 Å². The van der Waals surface area contributed by atoms with Gasteiger partial charge in [-0.1, -0.05) is 170 Å². The standard InChI is InChI=1S/C54H35NS/c1-3-15-38(16-4-1)52-47-22-10-9-20-44(47)45-33-32-43(35-49(45)53(52)39-17-5-2-6-18-39)55(50-24-13-23-48-46-21-11-12-25-51(46)56-54(48)50)42-30-28-37(29-31-42)41-27-26-36-14-7-8-19-40(36)34-41/h1-35H. The van der Waals surface area contributed by atoms with E-state index < -0.39 is 0 Å². The van der Waals surface area contributed by atoms with Crippen LogP contribution in [-0.4, -0.2) is 0 Å². The molecule has 0 radical (unpaired) electrons. The average Bonchev–Trinajstić information content (AvgIpc) is 3.66. The molecular weight excluding hydrogens is 695 g/mol. The maximum absolute atomic E-state index is 2.47. The Morgan fingerprint density at radius 3 is 1.64 bits per heavy atom. The fraction of sp³-hybridized carbons (Fsp3) is 0. The summed E-state index contributed by atoms with van der Waals surface area (Å²) < 4.78 is 2.57. The van der Waals surface area contributed by atoms with Gasteiger partial charge in [0.05, 0.1) is 10.4 Å². The lowest BCUT2D eigenvalue weighted by Crippen LogP contribution is -2.10. The summed E-state index contributed by atoms with van der Waals surface area (Å²) in [5.74, 6) is 0. The fourth-order valence-electron chi connectivity index (χ4n) is 8.64. The smallest absolute Gasteiger partial charge is 0.0640 e. The molecule has 0 aliphatic rings. The fourth-order valence-corrected chi connectivity index (χ4v) is 9.84. The van der Waals surface area contributed by atoms with Gasteiger partial charge in [-0.05, 0) is 108 Å². The van der Waals surface area contributed by atoms with Gasteiger partial charge in [0, 0.05) is 26.8 Å². The van der Waals surface area contributed by atoms with Crippen LogP contribution in [0.2, 0.25) is 0 Å². The van der Waals surface area contributed by atoms with Crippen molar-refractivity contribution in [3.63, 3.8) is 0 Å². The van der Waals surface area contributed by atoms with E-state index in [1.54, 1.807) is 0 Å². The van der Waals surface area contributed by atoms with Gasteiger partial charge in [-0.15, -0.1) is 11.3 Å². The van der Waals surface area contributed by atoms with Crippen molar-refractivity contribution in [2.24, 2.45) is 0 Å². The summed E-state index contributed by atoms with van der Waals surface area (Å²) in [4.78, 5) is 2.47. The number of fused-ring (bicyclic) bond motifs is 7. The zero-order valence-electron chi connectivity index (χ0n) is 30.6. The van der Waals surface area contributed by atoms with Crippen LogP contribution in [0.4, 0.5) is 17.1 Å². The first-order valence-corrected chi connectivity index (χ1v) is 20.0. The van der Waals surface area contributed by atoms with Crippen LogP contribution in [-0.2, 0) is 0 Å². The molecule has 11 aromatic rings. The zero-order chi connectivity index (χ0) is 37.0. The summed E-state index contributed by atoms with van der Waals surface area (Å²) >= 11 is 1.87. The second kappa shape index (κ2) is 13.4. The van der Waals surface area contributed by atoms with Gasteiger partial charge in [-0.3, -0.25) is 0 Å². The predicted octanol–water partition coefficient (Wildman–Crippen LogP) is 16.0. The van der Waals surface area contributed by atoms with Crippen molar-refractivity contribution in [3.05, 3.63) is 212 Å². The van der Waals surface area contributed by atoms with E-state index in [-0.39, 0.29) is 0 Å². The molecule has 11 rings (SSSR count). The minimum Gasteiger partial charge on any atom is -0.309 e. The third-order valence-corrected chi connectivity index (χ3v) is 12.4. The van der Waals surface area contributed by atoms with E-state index >= 15 is 0 Å². The summed E-state index contributed by atoms with van der Waals surface area (Å²) in [6.07, 6.45) is 0. The Bertz CT molecular complexity index is 3230. The van der Waals surface area contributed by atoms with Crippen molar-refractivity contribution in [1.82, 2.24) is 0 Å². The normalized spacial score (nSPS) is 11.6. The summed E-state index contributed by atoms with van der Waals surface area (Å²) in [5.41, 5.74) is 10.7. The Labute approximate surface area is 330 Å². The first kappa shape index (κ1) is 32.4. The number of anilines is 3. The number of thiophene rings is 1. The van der Waals surface area contributed by atoms with Crippen LogP contribution in [0.5, 0.6) is 0 Å². The van der Waals surface area contributed by atoms with E-state index in [4.69, 9.17) is 0 Å². The molecule has 0 N–H and O–H groups in total. The number of benzene rings is 10. The number of nitrogens with zero attached hydrogens (tertiary/aromatic N) is 1. The van der Waals surface area contributed by atoms with Crippen LogP contribution in [0.25, 0.3) is 85.9 Å². The highest BCUT2D eigenvalue weighted by Gasteiger charge is 2.22. The first-order valence-electron chi connectivity index (χ1n) is 19.2. The maximum atomic E-state index is 2.47. The Kier molecular flexibility index (Phi) is 7.75. The van der Waals surface area contributed by atoms with Crippen LogP contribution in [0, 0.1) is 0 Å². The van der Waals surface area contributed by atoms with Gasteiger partial charge in [0.15, 0.2) is 0 Å².